The highest BCUT2D eigenvalue weighted by Gasteiger charge is 2.44. The summed E-state index contributed by atoms with van der Waals surface area (Å²) in [5.41, 5.74) is 1.07. The number of hydrogen-bond donors (Lipinski definition) is 0. The number of hydrogen-bond acceptors (Lipinski definition) is 5. The molecular formula is C29H54O4SSi2. The Balaban J connectivity index is 3.28. The van der Waals surface area contributed by atoms with Crippen molar-refractivity contribution in [1.29, 1.82) is 0 Å². The quantitative estimate of drug-likeness (QED) is 0.191. The van der Waals surface area contributed by atoms with Gasteiger partial charge in [0.1, 0.15) is 0 Å². The first-order chi connectivity index (χ1) is 16.8. The lowest BCUT2D eigenvalue weighted by Crippen LogP contribution is -2.52. The molecule has 4 atom stereocenters. The summed E-state index contributed by atoms with van der Waals surface area (Å²) in [6, 6.07) is 13.5. The zero-order valence-electron chi connectivity index (χ0n) is 25.0. The van der Waals surface area contributed by atoms with Gasteiger partial charge in [0.05, 0.1) is 12.7 Å². The third-order valence-corrected chi connectivity index (χ3v) is 18.0. The average Bonchev–Trinajstić information content (AvgIpc) is 2.82. The summed E-state index contributed by atoms with van der Waals surface area (Å²) in [4.78, 5) is 13.4. The van der Waals surface area contributed by atoms with E-state index in [1.165, 1.54) is 11.8 Å². The van der Waals surface area contributed by atoms with E-state index in [-0.39, 0.29) is 28.3 Å². The van der Waals surface area contributed by atoms with Crippen LogP contribution in [0.5, 0.6) is 0 Å². The Morgan fingerprint density at radius 1 is 0.944 bits per heavy atom. The number of carbonyl (C=O) groups excluding carboxylic acids is 1. The van der Waals surface area contributed by atoms with Gasteiger partial charge in [-0.3, -0.25) is 4.79 Å². The molecule has 0 aliphatic rings. The lowest BCUT2D eigenvalue weighted by molar-refractivity contribution is -0.133. The van der Waals surface area contributed by atoms with Gasteiger partial charge in [-0.05, 0) is 66.8 Å². The fourth-order valence-electron chi connectivity index (χ4n) is 4.41. The van der Waals surface area contributed by atoms with E-state index < -0.39 is 22.7 Å². The van der Waals surface area contributed by atoms with Gasteiger partial charge in [0.2, 0.25) is 5.12 Å². The molecule has 0 saturated heterocycles. The molecular weight excluding hydrogens is 501 g/mol. The zero-order valence-corrected chi connectivity index (χ0v) is 27.8. The minimum Gasteiger partial charge on any atom is -0.414 e. The number of rotatable bonds is 16. The van der Waals surface area contributed by atoms with Gasteiger partial charge >= 0.3 is 0 Å². The Morgan fingerprint density at radius 3 is 1.97 bits per heavy atom. The predicted octanol–water partition coefficient (Wildman–Crippen LogP) is 8.68. The Bertz CT molecular complexity index is 754. The molecule has 0 radical (unpaired) electrons. The highest BCUT2D eigenvalue weighted by molar-refractivity contribution is 8.13. The van der Waals surface area contributed by atoms with Crippen molar-refractivity contribution in [2.24, 2.45) is 5.92 Å². The van der Waals surface area contributed by atoms with E-state index in [0.29, 0.717) is 6.61 Å². The molecule has 1 aromatic carbocycles. The molecule has 0 aromatic heterocycles. The molecule has 0 aliphatic heterocycles. The molecule has 0 heterocycles. The van der Waals surface area contributed by atoms with Crippen LogP contribution < -0.4 is 0 Å². The lowest BCUT2D eigenvalue weighted by atomic mass is 9.94. The van der Waals surface area contributed by atoms with Crippen LogP contribution in [0.1, 0.15) is 74.3 Å². The van der Waals surface area contributed by atoms with Crippen LogP contribution in [0, 0.1) is 5.92 Å². The van der Waals surface area contributed by atoms with E-state index in [1.54, 1.807) is 0 Å². The second kappa shape index (κ2) is 15.2. The Labute approximate surface area is 228 Å². The molecule has 0 N–H and O–H groups in total. The monoisotopic (exact) mass is 554 g/mol. The van der Waals surface area contributed by atoms with Crippen molar-refractivity contribution >= 4 is 33.5 Å². The lowest BCUT2D eigenvalue weighted by Gasteiger charge is -2.43. The molecule has 36 heavy (non-hydrogen) atoms. The van der Waals surface area contributed by atoms with E-state index in [1.807, 2.05) is 37.3 Å². The summed E-state index contributed by atoms with van der Waals surface area (Å²) in [7, 11) is -3.88. The number of thioether (sulfide) groups is 1. The van der Waals surface area contributed by atoms with Crippen LogP contribution in [0.2, 0.25) is 36.3 Å². The molecule has 0 bridgehead atoms. The average molecular weight is 555 g/mol. The predicted molar refractivity (Wildman–Crippen MR) is 162 cm³/mol. The van der Waals surface area contributed by atoms with Crippen molar-refractivity contribution in [3.05, 3.63) is 35.9 Å². The largest absolute Gasteiger partial charge is 0.414 e. The van der Waals surface area contributed by atoms with E-state index >= 15 is 0 Å². The molecule has 0 spiro atoms. The second-order valence-corrected chi connectivity index (χ2v) is 22.4. The third-order valence-electron chi connectivity index (χ3n) is 7.98. The maximum absolute atomic E-state index is 13.4. The van der Waals surface area contributed by atoms with Gasteiger partial charge in [-0.2, -0.15) is 0 Å². The van der Waals surface area contributed by atoms with Gasteiger partial charge in [-0.1, -0.05) is 97.5 Å². The molecule has 0 amide bonds. The maximum Gasteiger partial charge on any atom is 0.220 e. The van der Waals surface area contributed by atoms with E-state index in [2.05, 4.69) is 68.5 Å². The van der Waals surface area contributed by atoms with Gasteiger partial charge in [-0.15, -0.1) is 0 Å². The van der Waals surface area contributed by atoms with E-state index in [0.717, 1.165) is 35.9 Å². The fraction of sp³-hybridized carbons (Fsp3) is 0.759. The van der Waals surface area contributed by atoms with E-state index in [9.17, 15) is 4.79 Å². The minimum atomic E-state index is -2.16. The van der Waals surface area contributed by atoms with Crippen molar-refractivity contribution < 1.29 is 18.4 Å². The zero-order chi connectivity index (χ0) is 27.6. The van der Waals surface area contributed by atoms with E-state index in [4.69, 9.17) is 13.6 Å². The molecule has 1 rings (SSSR count). The number of carbonyl (C=O) groups is 1. The molecule has 0 fully saturated rings. The Morgan fingerprint density at radius 2 is 1.50 bits per heavy atom. The van der Waals surface area contributed by atoms with Crippen LogP contribution in [0.3, 0.4) is 0 Å². The van der Waals surface area contributed by atoms with Crippen LogP contribution in [-0.4, -0.2) is 45.8 Å². The maximum atomic E-state index is 13.4. The first-order valence-corrected chi connectivity index (χ1v) is 20.4. The smallest absolute Gasteiger partial charge is 0.220 e. The minimum absolute atomic E-state index is 0.0344. The molecule has 1 aromatic rings. The molecule has 208 valence electrons. The molecule has 0 aliphatic carbocycles. The van der Waals surface area contributed by atoms with Crippen LogP contribution in [0.4, 0.5) is 0 Å². The second-order valence-electron chi connectivity index (χ2n) is 11.7. The van der Waals surface area contributed by atoms with Crippen LogP contribution in [0.25, 0.3) is 0 Å². The van der Waals surface area contributed by atoms with Crippen molar-refractivity contribution in [1.82, 2.24) is 0 Å². The molecule has 4 nitrogen and oxygen atoms in total. The SMILES string of the molecule is CCSC(=O)[C@H](OCc1ccccc1)[C@H](O[Si](C)(C)C(C)(C)C)[C@H](C)C[C@@H](C)O[Si](CC)(CC)CC. The summed E-state index contributed by atoms with van der Waals surface area (Å²) in [6.45, 7) is 24.9. The van der Waals surface area contributed by atoms with Gasteiger partial charge in [0.25, 0.3) is 0 Å². The number of ether oxygens (including phenoxy) is 1. The van der Waals surface area contributed by atoms with Crippen molar-refractivity contribution in [2.75, 3.05) is 5.75 Å². The van der Waals surface area contributed by atoms with Crippen LogP contribution in [0.15, 0.2) is 30.3 Å². The summed E-state index contributed by atoms with van der Waals surface area (Å²) >= 11 is 1.34. The van der Waals surface area contributed by atoms with Gasteiger partial charge in [0.15, 0.2) is 22.7 Å². The topological polar surface area (TPSA) is 44.8 Å². The summed E-state index contributed by atoms with van der Waals surface area (Å²) in [5.74, 6) is 0.844. The van der Waals surface area contributed by atoms with Crippen LogP contribution in [-0.2, 0) is 25.0 Å². The van der Waals surface area contributed by atoms with Crippen LogP contribution >= 0.6 is 11.8 Å². The van der Waals surface area contributed by atoms with Crippen molar-refractivity contribution in [3.8, 4) is 0 Å². The van der Waals surface area contributed by atoms with Gasteiger partial charge in [0, 0.05) is 6.10 Å². The van der Waals surface area contributed by atoms with Crippen molar-refractivity contribution in [3.63, 3.8) is 0 Å². The fourth-order valence-corrected chi connectivity index (χ4v) is 9.40. The van der Waals surface area contributed by atoms with Gasteiger partial charge in [-0.25, -0.2) is 0 Å². The molecule has 0 unspecified atom stereocenters. The third kappa shape index (κ3) is 10.0. The Kier molecular flexibility index (Phi) is 14.2. The standard InChI is InChI=1S/C29H54O4SSi2/c1-12-34-28(30)27(31-22-25-19-17-16-18-20-25)26(33-35(10,11)29(7,8)9)23(5)21-24(6)32-36(13-2,14-3)15-4/h16-20,23-24,26-27H,12-15,21-22H2,1-11H3/t23-,24-,26-,27-/m1/s1. The normalized spacial score (nSPS) is 16.4. The molecule has 0 saturated carbocycles. The molecule has 7 heteroatoms. The van der Waals surface area contributed by atoms with Crippen molar-refractivity contribution in [2.45, 2.75) is 130 Å². The highest BCUT2D eigenvalue weighted by Crippen LogP contribution is 2.40. The highest BCUT2D eigenvalue weighted by atomic mass is 32.2. The first kappa shape index (κ1) is 33.6. The first-order valence-electron chi connectivity index (χ1n) is 13.9. The summed E-state index contributed by atoms with van der Waals surface area (Å²) in [6.07, 6.45) is 0.0504. The summed E-state index contributed by atoms with van der Waals surface area (Å²) < 4.78 is 20.2. The Hall–Kier alpha value is -0.446. The number of benzene rings is 1. The summed E-state index contributed by atoms with van der Waals surface area (Å²) in [5, 5.41) is 0.101. The van der Waals surface area contributed by atoms with Gasteiger partial charge < -0.3 is 13.6 Å².